The Labute approximate surface area is 118 Å². The van der Waals surface area contributed by atoms with Gasteiger partial charge >= 0.3 is 6.18 Å². The molecule has 2 aromatic rings. The van der Waals surface area contributed by atoms with Gasteiger partial charge in [0.2, 0.25) is 0 Å². The number of hydrogen-bond donors (Lipinski definition) is 2. The topological polar surface area (TPSA) is 50.9 Å². The van der Waals surface area contributed by atoms with Crippen LogP contribution in [-0.2, 0) is 6.18 Å². The van der Waals surface area contributed by atoms with Crippen molar-refractivity contribution in [3.8, 4) is 0 Å². The molecule has 2 rings (SSSR count). The second kappa shape index (κ2) is 5.20. The quantitative estimate of drug-likeness (QED) is 0.865. The number of nitrogens with zero attached hydrogens (tertiary/aromatic N) is 1. The number of rotatable bonds is 2. The van der Waals surface area contributed by atoms with Crippen molar-refractivity contribution >= 4 is 28.7 Å². The molecular formula is C13H11ClF3N3. The first-order valence-corrected chi connectivity index (χ1v) is 6.01. The predicted octanol–water partition coefficient (Wildman–Crippen LogP) is 4.39. The zero-order chi connectivity index (χ0) is 14.9. The van der Waals surface area contributed by atoms with Gasteiger partial charge in [0, 0.05) is 0 Å². The molecular weight excluding hydrogens is 291 g/mol. The standard InChI is InChI=1S/C13H11ClF3N3/c1-7-3-2-4-8(14)12(7)20-10-5-11(13(15,16)17)19-6-9(10)18/h2-6H,18H2,1H3,(H,19,20). The van der Waals surface area contributed by atoms with Crippen molar-refractivity contribution in [2.45, 2.75) is 13.1 Å². The van der Waals surface area contributed by atoms with Gasteiger partial charge in [-0.3, -0.25) is 0 Å². The zero-order valence-corrected chi connectivity index (χ0v) is 11.2. The highest BCUT2D eigenvalue weighted by Gasteiger charge is 2.33. The Bertz CT molecular complexity index is 621. The van der Waals surface area contributed by atoms with Gasteiger partial charge in [-0.05, 0) is 24.6 Å². The van der Waals surface area contributed by atoms with E-state index in [0.717, 1.165) is 17.8 Å². The van der Waals surface area contributed by atoms with Gasteiger partial charge in [0.25, 0.3) is 0 Å². The van der Waals surface area contributed by atoms with E-state index in [-0.39, 0.29) is 11.4 Å². The van der Waals surface area contributed by atoms with Crippen LogP contribution in [0.4, 0.5) is 30.2 Å². The first kappa shape index (κ1) is 14.5. The fraction of sp³-hybridized carbons (Fsp3) is 0.154. The highest BCUT2D eigenvalue weighted by molar-refractivity contribution is 6.33. The SMILES string of the molecule is Cc1cccc(Cl)c1Nc1cc(C(F)(F)F)ncc1N. The van der Waals surface area contributed by atoms with Crippen LogP contribution in [0, 0.1) is 6.92 Å². The maximum Gasteiger partial charge on any atom is 0.433 e. The van der Waals surface area contributed by atoms with E-state index >= 15 is 0 Å². The minimum Gasteiger partial charge on any atom is -0.396 e. The summed E-state index contributed by atoms with van der Waals surface area (Å²) in [6.45, 7) is 1.79. The van der Waals surface area contributed by atoms with Gasteiger partial charge in [-0.1, -0.05) is 23.7 Å². The lowest BCUT2D eigenvalue weighted by molar-refractivity contribution is -0.141. The molecule has 3 N–H and O–H groups in total. The number of pyridine rings is 1. The smallest absolute Gasteiger partial charge is 0.396 e. The summed E-state index contributed by atoms with van der Waals surface area (Å²) in [5.74, 6) is 0. The number of aryl methyl sites for hydroxylation is 1. The fourth-order valence-electron chi connectivity index (χ4n) is 1.65. The van der Waals surface area contributed by atoms with Crippen molar-refractivity contribution in [2.75, 3.05) is 11.1 Å². The van der Waals surface area contributed by atoms with E-state index in [1.54, 1.807) is 25.1 Å². The van der Waals surface area contributed by atoms with Crippen molar-refractivity contribution in [1.82, 2.24) is 4.98 Å². The molecule has 0 bridgehead atoms. The van der Waals surface area contributed by atoms with E-state index in [9.17, 15) is 13.2 Å². The van der Waals surface area contributed by atoms with Crippen LogP contribution in [-0.4, -0.2) is 4.98 Å². The molecule has 1 heterocycles. The molecule has 7 heteroatoms. The maximum atomic E-state index is 12.6. The van der Waals surface area contributed by atoms with E-state index in [4.69, 9.17) is 17.3 Å². The minimum atomic E-state index is -4.53. The van der Waals surface area contributed by atoms with Crippen molar-refractivity contribution in [1.29, 1.82) is 0 Å². The van der Waals surface area contributed by atoms with Crippen molar-refractivity contribution in [3.05, 3.63) is 46.7 Å². The number of aromatic nitrogens is 1. The molecule has 1 aromatic heterocycles. The molecule has 0 aliphatic heterocycles. The summed E-state index contributed by atoms with van der Waals surface area (Å²) < 4.78 is 37.9. The highest BCUT2D eigenvalue weighted by Crippen LogP contribution is 2.34. The summed E-state index contributed by atoms with van der Waals surface area (Å²) in [7, 11) is 0. The molecule has 20 heavy (non-hydrogen) atoms. The Balaban J connectivity index is 2.43. The van der Waals surface area contributed by atoms with E-state index in [1.165, 1.54) is 0 Å². The van der Waals surface area contributed by atoms with Crippen LogP contribution in [0.1, 0.15) is 11.3 Å². The van der Waals surface area contributed by atoms with Gasteiger partial charge in [-0.2, -0.15) is 13.2 Å². The molecule has 106 valence electrons. The van der Waals surface area contributed by atoms with Gasteiger partial charge < -0.3 is 11.1 Å². The van der Waals surface area contributed by atoms with Crippen LogP contribution >= 0.6 is 11.6 Å². The van der Waals surface area contributed by atoms with Gasteiger partial charge in [0.1, 0.15) is 5.69 Å². The van der Waals surface area contributed by atoms with E-state index in [1.807, 2.05) is 0 Å². The number of alkyl halides is 3. The Kier molecular flexibility index (Phi) is 3.76. The third-order valence-corrected chi connectivity index (χ3v) is 3.02. The number of halogens is 4. The lowest BCUT2D eigenvalue weighted by atomic mass is 10.2. The van der Waals surface area contributed by atoms with Crippen LogP contribution in [0.3, 0.4) is 0 Å². The zero-order valence-electron chi connectivity index (χ0n) is 10.4. The molecule has 3 nitrogen and oxygen atoms in total. The van der Waals surface area contributed by atoms with Gasteiger partial charge in [0.15, 0.2) is 0 Å². The molecule has 0 amide bonds. The molecule has 0 atom stereocenters. The monoisotopic (exact) mass is 301 g/mol. The number of benzene rings is 1. The van der Waals surface area contributed by atoms with Crippen molar-refractivity contribution < 1.29 is 13.2 Å². The third-order valence-electron chi connectivity index (χ3n) is 2.71. The van der Waals surface area contributed by atoms with E-state index in [0.29, 0.717) is 10.7 Å². The predicted molar refractivity (Wildman–Crippen MR) is 73.1 cm³/mol. The summed E-state index contributed by atoms with van der Waals surface area (Å²) in [5, 5.41) is 3.22. The first-order chi connectivity index (χ1) is 9.29. The summed E-state index contributed by atoms with van der Waals surface area (Å²) in [6.07, 6.45) is -3.56. The third kappa shape index (κ3) is 2.96. The molecule has 1 aromatic carbocycles. The number of nitrogens with one attached hydrogen (secondary N) is 1. The Morgan fingerprint density at radius 2 is 2.00 bits per heavy atom. The summed E-state index contributed by atoms with van der Waals surface area (Å²) in [4.78, 5) is 3.27. The maximum absolute atomic E-state index is 12.6. The fourth-order valence-corrected chi connectivity index (χ4v) is 1.92. The van der Waals surface area contributed by atoms with Crippen LogP contribution in [0.25, 0.3) is 0 Å². The van der Waals surface area contributed by atoms with E-state index in [2.05, 4.69) is 10.3 Å². The largest absolute Gasteiger partial charge is 0.433 e. The minimum absolute atomic E-state index is 0.109. The van der Waals surface area contributed by atoms with Crippen molar-refractivity contribution in [3.63, 3.8) is 0 Å². The first-order valence-electron chi connectivity index (χ1n) is 5.64. The molecule has 0 fully saturated rings. The Hall–Kier alpha value is -1.95. The summed E-state index contributed by atoms with van der Waals surface area (Å²) in [5.41, 5.74) is 6.16. The van der Waals surface area contributed by atoms with Crippen LogP contribution in [0.2, 0.25) is 5.02 Å². The molecule has 0 unspecified atom stereocenters. The molecule has 0 saturated heterocycles. The molecule has 0 aliphatic carbocycles. The normalized spacial score (nSPS) is 11.4. The van der Waals surface area contributed by atoms with Gasteiger partial charge in [0.05, 0.1) is 28.3 Å². The average molecular weight is 302 g/mol. The lowest BCUT2D eigenvalue weighted by Gasteiger charge is -2.15. The average Bonchev–Trinajstić information content (AvgIpc) is 2.34. The number of anilines is 3. The van der Waals surface area contributed by atoms with Gasteiger partial charge in [-0.25, -0.2) is 4.98 Å². The van der Waals surface area contributed by atoms with Crippen LogP contribution < -0.4 is 11.1 Å². The number of hydrogen-bond acceptors (Lipinski definition) is 3. The van der Waals surface area contributed by atoms with Crippen LogP contribution in [0.15, 0.2) is 30.5 Å². The van der Waals surface area contributed by atoms with Crippen LogP contribution in [0.5, 0.6) is 0 Å². The van der Waals surface area contributed by atoms with Crippen molar-refractivity contribution in [2.24, 2.45) is 0 Å². The Morgan fingerprint density at radius 1 is 1.30 bits per heavy atom. The van der Waals surface area contributed by atoms with Gasteiger partial charge in [-0.15, -0.1) is 0 Å². The summed E-state index contributed by atoms with van der Waals surface area (Å²) in [6, 6.07) is 6.03. The highest BCUT2D eigenvalue weighted by atomic mass is 35.5. The number of nitrogens with two attached hydrogens (primary N) is 1. The Morgan fingerprint density at radius 3 is 2.60 bits per heavy atom. The molecule has 0 aliphatic rings. The molecule has 0 spiro atoms. The molecule has 0 saturated carbocycles. The second-order valence-electron chi connectivity index (χ2n) is 4.21. The second-order valence-corrected chi connectivity index (χ2v) is 4.62. The summed E-state index contributed by atoms with van der Waals surface area (Å²) >= 11 is 6.02. The number of para-hydroxylation sites is 1. The lowest BCUT2D eigenvalue weighted by Crippen LogP contribution is -2.10. The molecule has 0 radical (unpaired) electrons. The number of nitrogen functional groups attached to an aromatic ring is 1. The van der Waals surface area contributed by atoms with E-state index < -0.39 is 11.9 Å².